The van der Waals surface area contributed by atoms with Crippen molar-refractivity contribution in [1.29, 1.82) is 0 Å². The average Bonchev–Trinajstić information content (AvgIpc) is 2.85. The number of nitrogens with one attached hydrogen (secondary N) is 1. The molecule has 1 amide bonds. The van der Waals surface area contributed by atoms with Crippen molar-refractivity contribution in [1.82, 2.24) is 5.43 Å². The summed E-state index contributed by atoms with van der Waals surface area (Å²) < 4.78 is 38.7. The van der Waals surface area contributed by atoms with Crippen LogP contribution < -0.4 is 19.2 Å². The SMILES string of the molecule is COc1ccc(S(=O)(=O)N(CC(=O)NN=C2CCC(C(C)(C)C)CC2)c2ccccc2OC)cc1. The first-order chi connectivity index (χ1) is 16.6. The molecule has 0 radical (unpaired) electrons. The number of carbonyl (C=O) groups excluding carboxylic acids is 1. The first kappa shape index (κ1) is 26.5. The largest absolute Gasteiger partial charge is 0.497 e. The number of hydrazone groups is 1. The second-order valence-electron chi connectivity index (χ2n) is 9.71. The van der Waals surface area contributed by atoms with Crippen molar-refractivity contribution in [2.75, 3.05) is 25.1 Å². The number of sulfonamides is 1. The Morgan fingerprint density at radius 1 is 1.03 bits per heavy atom. The van der Waals surface area contributed by atoms with Gasteiger partial charge in [0.2, 0.25) is 0 Å². The van der Waals surface area contributed by atoms with Gasteiger partial charge in [0.15, 0.2) is 0 Å². The Labute approximate surface area is 208 Å². The van der Waals surface area contributed by atoms with Crippen LogP contribution in [0.3, 0.4) is 0 Å². The van der Waals surface area contributed by atoms with Crippen LogP contribution in [0.1, 0.15) is 46.5 Å². The number of para-hydroxylation sites is 2. The van der Waals surface area contributed by atoms with Crippen molar-refractivity contribution < 1.29 is 22.7 Å². The fourth-order valence-corrected chi connectivity index (χ4v) is 5.68. The van der Waals surface area contributed by atoms with Crippen molar-refractivity contribution in [3.8, 4) is 11.5 Å². The Morgan fingerprint density at radius 2 is 1.66 bits per heavy atom. The number of hydrogen-bond acceptors (Lipinski definition) is 6. The minimum absolute atomic E-state index is 0.0313. The third-order valence-corrected chi connectivity index (χ3v) is 8.19. The summed E-state index contributed by atoms with van der Waals surface area (Å²) in [5.74, 6) is 0.956. The molecular formula is C26H35N3O5S. The van der Waals surface area contributed by atoms with Gasteiger partial charge >= 0.3 is 0 Å². The van der Waals surface area contributed by atoms with Gasteiger partial charge in [-0.3, -0.25) is 9.10 Å². The van der Waals surface area contributed by atoms with Crippen molar-refractivity contribution in [3.63, 3.8) is 0 Å². The molecule has 35 heavy (non-hydrogen) atoms. The molecule has 0 aromatic heterocycles. The van der Waals surface area contributed by atoms with Crippen molar-refractivity contribution >= 4 is 27.3 Å². The second kappa shape index (κ2) is 11.1. The highest BCUT2D eigenvalue weighted by Crippen LogP contribution is 2.37. The Hall–Kier alpha value is -3.07. The molecular weight excluding hydrogens is 466 g/mol. The number of rotatable bonds is 8. The maximum atomic E-state index is 13.6. The topological polar surface area (TPSA) is 97.3 Å². The van der Waals surface area contributed by atoms with E-state index in [1.54, 1.807) is 36.4 Å². The van der Waals surface area contributed by atoms with Crippen molar-refractivity contribution in [3.05, 3.63) is 48.5 Å². The van der Waals surface area contributed by atoms with Crippen LogP contribution >= 0.6 is 0 Å². The molecule has 8 nitrogen and oxygen atoms in total. The summed E-state index contributed by atoms with van der Waals surface area (Å²) in [7, 11) is -1.12. The monoisotopic (exact) mass is 501 g/mol. The van der Waals surface area contributed by atoms with Gasteiger partial charge in [-0.05, 0) is 73.4 Å². The zero-order valence-electron chi connectivity index (χ0n) is 21.1. The van der Waals surface area contributed by atoms with E-state index in [9.17, 15) is 13.2 Å². The number of benzene rings is 2. The van der Waals surface area contributed by atoms with Gasteiger partial charge in [0.05, 0.1) is 24.8 Å². The predicted molar refractivity (Wildman–Crippen MR) is 138 cm³/mol. The number of hydrogen-bond donors (Lipinski definition) is 1. The number of carbonyl (C=O) groups is 1. The highest BCUT2D eigenvalue weighted by Gasteiger charge is 2.30. The quantitative estimate of drug-likeness (QED) is 0.533. The Balaban J connectivity index is 1.82. The summed E-state index contributed by atoms with van der Waals surface area (Å²) >= 11 is 0. The molecule has 2 aromatic carbocycles. The van der Waals surface area contributed by atoms with Crippen molar-refractivity contribution in [2.45, 2.75) is 51.3 Å². The van der Waals surface area contributed by atoms with E-state index in [4.69, 9.17) is 9.47 Å². The van der Waals surface area contributed by atoms with Crippen LogP contribution in [0.2, 0.25) is 0 Å². The van der Waals surface area contributed by atoms with Gasteiger partial charge in [-0.1, -0.05) is 32.9 Å². The molecule has 0 bridgehead atoms. The Morgan fingerprint density at radius 3 is 2.23 bits per heavy atom. The first-order valence-electron chi connectivity index (χ1n) is 11.7. The van der Waals surface area contributed by atoms with E-state index in [1.807, 2.05) is 0 Å². The van der Waals surface area contributed by atoms with Crippen LogP contribution in [0.15, 0.2) is 58.5 Å². The van der Waals surface area contributed by atoms with Crippen LogP contribution in [-0.2, 0) is 14.8 Å². The number of methoxy groups -OCH3 is 2. The molecule has 3 rings (SSSR count). The standard InChI is InChI=1S/C26H35N3O5S/c1-26(2,3)19-10-12-20(13-11-19)27-28-25(30)18-29(23-8-6-7-9-24(23)34-5)35(31,32)22-16-14-21(33-4)15-17-22/h6-9,14-17,19H,10-13,18H2,1-5H3,(H,28,30). The van der Waals surface area contributed by atoms with Crippen LogP contribution in [0.25, 0.3) is 0 Å². The molecule has 1 N–H and O–H groups in total. The van der Waals surface area contributed by atoms with E-state index < -0.39 is 22.5 Å². The molecule has 1 aliphatic carbocycles. The summed E-state index contributed by atoms with van der Waals surface area (Å²) in [4.78, 5) is 12.9. The van der Waals surface area contributed by atoms with E-state index in [0.717, 1.165) is 35.7 Å². The highest BCUT2D eigenvalue weighted by molar-refractivity contribution is 7.92. The highest BCUT2D eigenvalue weighted by atomic mass is 32.2. The molecule has 0 aliphatic heterocycles. The maximum Gasteiger partial charge on any atom is 0.264 e. The molecule has 1 fully saturated rings. The third-order valence-electron chi connectivity index (χ3n) is 6.41. The molecule has 2 aromatic rings. The lowest BCUT2D eigenvalue weighted by atomic mass is 9.72. The lowest BCUT2D eigenvalue weighted by molar-refractivity contribution is -0.119. The summed E-state index contributed by atoms with van der Waals surface area (Å²) in [5, 5.41) is 4.31. The molecule has 0 unspecified atom stereocenters. The van der Waals surface area contributed by atoms with Gasteiger partial charge in [-0.2, -0.15) is 5.10 Å². The summed E-state index contributed by atoms with van der Waals surface area (Å²) in [6, 6.07) is 12.7. The molecule has 0 spiro atoms. The van der Waals surface area contributed by atoms with Crippen LogP contribution in [0, 0.1) is 11.3 Å². The first-order valence-corrected chi connectivity index (χ1v) is 13.1. The molecule has 9 heteroatoms. The number of anilines is 1. The number of nitrogens with zero attached hydrogens (tertiary/aromatic N) is 2. The van der Waals surface area contributed by atoms with E-state index in [0.29, 0.717) is 17.4 Å². The maximum absolute atomic E-state index is 13.6. The molecule has 0 heterocycles. The minimum Gasteiger partial charge on any atom is -0.497 e. The van der Waals surface area contributed by atoms with Crippen molar-refractivity contribution in [2.24, 2.45) is 16.4 Å². The summed E-state index contributed by atoms with van der Waals surface area (Å²) in [6.45, 7) is 6.29. The van der Waals surface area contributed by atoms with Gasteiger partial charge in [-0.15, -0.1) is 0 Å². The summed E-state index contributed by atoms with van der Waals surface area (Å²) in [6.07, 6.45) is 3.69. The van der Waals surface area contributed by atoms with Gasteiger partial charge < -0.3 is 9.47 Å². The number of amides is 1. The fourth-order valence-electron chi connectivity index (χ4n) is 4.25. The van der Waals surface area contributed by atoms with Gasteiger partial charge in [-0.25, -0.2) is 13.8 Å². The number of ether oxygens (including phenoxy) is 2. The minimum atomic E-state index is -4.09. The van der Waals surface area contributed by atoms with Gasteiger partial charge in [0.25, 0.3) is 15.9 Å². The normalized spacial score (nSPS) is 16.4. The predicted octanol–water partition coefficient (Wildman–Crippen LogP) is 4.61. The smallest absolute Gasteiger partial charge is 0.264 e. The zero-order valence-corrected chi connectivity index (χ0v) is 21.9. The van der Waals surface area contributed by atoms with Gasteiger partial charge in [0, 0.05) is 5.71 Å². The molecule has 0 saturated heterocycles. The zero-order chi connectivity index (χ0) is 25.6. The fraction of sp³-hybridized carbons (Fsp3) is 0.462. The third kappa shape index (κ3) is 6.54. The Bertz CT molecular complexity index is 1140. The van der Waals surface area contributed by atoms with E-state index in [-0.39, 0.29) is 16.0 Å². The molecule has 1 saturated carbocycles. The second-order valence-corrected chi connectivity index (χ2v) is 11.6. The van der Waals surface area contributed by atoms with E-state index in [1.165, 1.54) is 26.4 Å². The van der Waals surface area contributed by atoms with E-state index >= 15 is 0 Å². The lowest BCUT2D eigenvalue weighted by Crippen LogP contribution is -2.40. The van der Waals surface area contributed by atoms with Gasteiger partial charge in [0.1, 0.15) is 18.0 Å². The van der Waals surface area contributed by atoms with Crippen LogP contribution in [0.4, 0.5) is 5.69 Å². The summed E-state index contributed by atoms with van der Waals surface area (Å²) in [5.41, 5.74) is 4.01. The lowest BCUT2D eigenvalue weighted by Gasteiger charge is -2.34. The van der Waals surface area contributed by atoms with Crippen LogP contribution in [-0.4, -0.2) is 40.8 Å². The van der Waals surface area contributed by atoms with E-state index in [2.05, 4.69) is 31.3 Å². The van der Waals surface area contributed by atoms with Crippen LogP contribution in [0.5, 0.6) is 11.5 Å². The average molecular weight is 502 g/mol. The Kier molecular flexibility index (Phi) is 8.43. The molecule has 190 valence electrons. The molecule has 1 aliphatic rings. The molecule has 0 atom stereocenters.